The average molecular weight is 621 g/mol. The zero-order chi connectivity index (χ0) is 31.7. The number of nitrogens with one attached hydrogen (secondary N) is 3. The van der Waals surface area contributed by atoms with Gasteiger partial charge < -0.3 is 16.0 Å². The number of carbonyl (C=O) groups is 3. The highest BCUT2D eigenvalue weighted by atomic mass is 32.2. The Morgan fingerprint density at radius 3 is 2.18 bits per heavy atom. The first-order valence-corrected chi connectivity index (χ1v) is 13.8. The Hall–Kier alpha value is -5.43. The fraction of sp³-hybridized carbons (Fsp3) is 0.0645. The van der Waals surface area contributed by atoms with Crippen LogP contribution in [-0.4, -0.2) is 28.4 Å². The molecule has 4 aromatic rings. The number of alkyl halides is 3. The molecule has 0 aliphatic rings. The zero-order valence-electron chi connectivity index (χ0n) is 22.6. The quantitative estimate of drug-likeness (QED) is 0.0778. The smallest absolute Gasteiger partial charge is 0.325 e. The van der Waals surface area contributed by atoms with Crippen LogP contribution in [0.1, 0.15) is 21.5 Å². The molecule has 0 saturated carbocycles. The summed E-state index contributed by atoms with van der Waals surface area (Å²) in [7, 11) is 0. The normalized spacial score (nSPS) is 11.4. The highest BCUT2D eigenvalue weighted by Crippen LogP contribution is 2.31. The molecule has 4 rings (SSSR count). The number of amides is 3. The molecular weight excluding hydrogens is 597 g/mol. The largest absolute Gasteiger partial charge is 0.416 e. The van der Waals surface area contributed by atoms with E-state index in [0.29, 0.717) is 10.6 Å². The Kier molecular flexibility index (Phi) is 10.1. The SMILES string of the molecule is O=C(CSc1cccc(NC(=O)/C(=C\c2ccccc2[N+](=O)[O-])NC(=O)c2ccccc2)c1)Nc1cccc(C(F)(F)F)c1. The van der Waals surface area contributed by atoms with Crippen LogP contribution in [-0.2, 0) is 15.8 Å². The minimum atomic E-state index is -4.55. The van der Waals surface area contributed by atoms with Gasteiger partial charge in [0.05, 0.1) is 21.8 Å². The van der Waals surface area contributed by atoms with Crippen LogP contribution in [0, 0.1) is 10.1 Å². The topological polar surface area (TPSA) is 130 Å². The maximum absolute atomic E-state index is 13.3. The predicted molar refractivity (Wildman–Crippen MR) is 161 cm³/mol. The van der Waals surface area contributed by atoms with Crippen LogP contribution in [0.15, 0.2) is 114 Å². The first-order valence-electron chi connectivity index (χ1n) is 12.8. The number of halogens is 3. The van der Waals surface area contributed by atoms with Crippen LogP contribution >= 0.6 is 11.8 Å². The summed E-state index contributed by atoms with van der Waals surface area (Å²) >= 11 is 1.08. The van der Waals surface area contributed by atoms with E-state index in [2.05, 4.69) is 16.0 Å². The van der Waals surface area contributed by atoms with Gasteiger partial charge in [-0.15, -0.1) is 11.8 Å². The number of para-hydroxylation sites is 1. The summed E-state index contributed by atoms with van der Waals surface area (Å²) < 4.78 is 38.9. The fourth-order valence-corrected chi connectivity index (χ4v) is 4.61. The number of thioether (sulfide) groups is 1. The molecule has 0 unspecified atom stereocenters. The van der Waals surface area contributed by atoms with E-state index in [4.69, 9.17) is 0 Å². The number of carbonyl (C=O) groups excluding carboxylic acids is 3. The molecule has 224 valence electrons. The van der Waals surface area contributed by atoms with Gasteiger partial charge >= 0.3 is 6.18 Å². The van der Waals surface area contributed by atoms with Gasteiger partial charge in [-0.05, 0) is 60.7 Å². The second-order valence-electron chi connectivity index (χ2n) is 9.09. The van der Waals surface area contributed by atoms with E-state index in [9.17, 15) is 37.7 Å². The zero-order valence-corrected chi connectivity index (χ0v) is 23.4. The van der Waals surface area contributed by atoms with Crippen molar-refractivity contribution in [1.29, 1.82) is 0 Å². The Morgan fingerprint density at radius 2 is 1.48 bits per heavy atom. The third kappa shape index (κ3) is 8.79. The van der Waals surface area contributed by atoms with Crippen molar-refractivity contribution in [1.82, 2.24) is 5.32 Å². The number of nitro groups is 1. The monoisotopic (exact) mass is 620 g/mol. The van der Waals surface area contributed by atoms with Gasteiger partial charge in [0, 0.05) is 27.9 Å². The van der Waals surface area contributed by atoms with Crippen molar-refractivity contribution in [2.24, 2.45) is 0 Å². The molecule has 0 spiro atoms. The predicted octanol–water partition coefficient (Wildman–Crippen LogP) is 6.75. The Labute approximate surface area is 253 Å². The average Bonchev–Trinajstić information content (AvgIpc) is 3.00. The lowest BCUT2D eigenvalue weighted by Gasteiger charge is -2.12. The van der Waals surface area contributed by atoms with Crippen LogP contribution in [0.4, 0.5) is 30.2 Å². The molecule has 0 fully saturated rings. The number of rotatable bonds is 10. The second kappa shape index (κ2) is 14.2. The summed E-state index contributed by atoms with van der Waals surface area (Å²) in [5.41, 5.74) is -0.771. The first-order chi connectivity index (χ1) is 21.0. The van der Waals surface area contributed by atoms with Crippen LogP contribution in [0.2, 0.25) is 0 Å². The van der Waals surface area contributed by atoms with Gasteiger partial charge in [0.15, 0.2) is 0 Å². The van der Waals surface area contributed by atoms with Crippen molar-refractivity contribution in [2.45, 2.75) is 11.1 Å². The molecule has 4 aromatic carbocycles. The summed E-state index contributed by atoms with van der Waals surface area (Å²) in [5, 5.41) is 19.1. The molecule has 9 nitrogen and oxygen atoms in total. The van der Waals surface area contributed by atoms with E-state index in [1.54, 1.807) is 60.7 Å². The molecule has 0 saturated heterocycles. The molecule has 0 atom stereocenters. The lowest BCUT2D eigenvalue weighted by Crippen LogP contribution is -2.30. The summed E-state index contributed by atoms with van der Waals surface area (Å²) in [4.78, 5) is 50.1. The van der Waals surface area contributed by atoms with Crippen molar-refractivity contribution >= 4 is 52.6 Å². The van der Waals surface area contributed by atoms with Crippen LogP contribution in [0.25, 0.3) is 6.08 Å². The lowest BCUT2D eigenvalue weighted by molar-refractivity contribution is -0.385. The molecular formula is C31H23F3N4O5S. The van der Waals surface area contributed by atoms with Gasteiger partial charge in [-0.3, -0.25) is 24.5 Å². The van der Waals surface area contributed by atoms with Crippen molar-refractivity contribution in [3.63, 3.8) is 0 Å². The fourth-order valence-electron chi connectivity index (χ4n) is 3.86. The van der Waals surface area contributed by atoms with E-state index in [0.717, 1.165) is 23.9 Å². The highest BCUT2D eigenvalue weighted by Gasteiger charge is 2.30. The van der Waals surface area contributed by atoms with Gasteiger partial charge in [0.25, 0.3) is 17.5 Å². The minimum Gasteiger partial charge on any atom is -0.325 e. The summed E-state index contributed by atoms with van der Waals surface area (Å²) in [5.74, 6) is -2.05. The summed E-state index contributed by atoms with van der Waals surface area (Å²) in [6.07, 6.45) is -3.35. The molecule has 3 N–H and O–H groups in total. The number of anilines is 2. The van der Waals surface area contributed by atoms with E-state index in [-0.39, 0.29) is 34.0 Å². The van der Waals surface area contributed by atoms with Crippen molar-refractivity contribution < 1.29 is 32.5 Å². The van der Waals surface area contributed by atoms with Crippen molar-refractivity contribution in [3.8, 4) is 0 Å². The van der Waals surface area contributed by atoms with Crippen LogP contribution in [0.5, 0.6) is 0 Å². The van der Waals surface area contributed by atoms with Gasteiger partial charge in [-0.1, -0.05) is 42.5 Å². The number of nitro benzene ring substituents is 1. The van der Waals surface area contributed by atoms with Crippen LogP contribution in [0.3, 0.4) is 0 Å². The second-order valence-corrected chi connectivity index (χ2v) is 10.1. The van der Waals surface area contributed by atoms with Gasteiger partial charge in [0.2, 0.25) is 5.91 Å². The van der Waals surface area contributed by atoms with E-state index < -0.39 is 34.4 Å². The standard InChI is InChI=1S/C31H23F3N4O5S/c32-31(33,34)22-11-6-12-23(17-22)35-28(39)19-44-25-14-7-13-24(18-25)36-30(41)26(37-29(40)20-8-2-1-3-9-20)16-21-10-4-5-15-27(21)38(42)43/h1-18H,19H2,(H,35,39)(H,36,41)(H,37,40)/b26-16+. The van der Waals surface area contributed by atoms with E-state index >= 15 is 0 Å². The number of benzene rings is 4. The Bertz CT molecular complexity index is 1730. The van der Waals surface area contributed by atoms with Crippen LogP contribution < -0.4 is 16.0 Å². The number of hydrogen-bond acceptors (Lipinski definition) is 6. The highest BCUT2D eigenvalue weighted by molar-refractivity contribution is 8.00. The Balaban J connectivity index is 1.48. The molecule has 0 bridgehead atoms. The van der Waals surface area contributed by atoms with E-state index in [1.165, 1.54) is 36.4 Å². The van der Waals surface area contributed by atoms with Gasteiger partial charge in [-0.2, -0.15) is 13.2 Å². The molecule has 3 amide bonds. The van der Waals surface area contributed by atoms with Crippen molar-refractivity contribution in [3.05, 3.63) is 136 Å². The Morgan fingerprint density at radius 1 is 0.818 bits per heavy atom. The molecule has 0 radical (unpaired) electrons. The summed E-state index contributed by atoms with van der Waals surface area (Å²) in [6.45, 7) is 0. The first kappa shape index (κ1) is 31.5. The van der Waals surface area contributed by atoms with Crippen molar-refractivity contribution in [2.75, 3.05) is 16.4 Å². The maximum atomic E-state index is 13.3. The maximum Gasteiger partial charge on any atom is 0.416 e. The molecule has 0 aliphatic carbocycles. The number of hydrogen-bond donors (Lipinski definition) is 3. The molecule has 44 heavy (non-hydrogen) atoms. The molecule has 0 aromatic heterocycles. The summed E-state index contributed by atoms with van der Waals surface area (Å²) in [6, 6.07) is 24.5. The minimum absolute atomic E-state index is 0.00181. The third-order valence-electron chi connectivity index (χ3n) is 5.90. The van der Waals surface area contributed by atoms with Gasteiger partial charge in [-0.25, -0.2) is 0 Å². The number of nitrogens with zero attached hydrogens (tertiary/aromatic N) is 1. The molecule has 13 heteroatoms. The third-order valence-corrected chi connectivity index (χ3v) is 6.89. The van der Waals surface area contributed by atoms with E-state index in [1.807, 2.05) is 0 Å². The lowest BCUT2D eigenvalue weighted by atomic mass is 10.1. The molecule has 0 heterocycles. The van der Waals surface area contributed by atoms with Gasteiger partial charge in [0.1, 0.15) is 5.70 Å². The molecule has 0 aliphatic heterocycles.